The third kappa shape index (κ3) is 23.3. The summed E-state index contributed by atoms with van der Waals surface area (Å²) >= 11 is 0. The number of carbonyl (C=O) groups is 1. The third-order valence-electron chi connectivity index (χ3n) is 12.2. The molecule has 0 spiro atoms. The number of esters is 1. The normalized spacial score (nSPS) is 12.6. The Morgan fingerprint density at radius 3 is 1.27 bits per heavy atom. The van der Waals surface area contributed by atoms with E-state index in [0.29, 0.717) is 48.4 Å². The van der Waals surface area contributed by atoms with Gasteiger partial charge in [-0.1, -0.05) is 200 Å². The van der Waals surface area contributed by atoms with Gasteiger partial charge < -0.3 is 28.7 Å². The van der Waals surface area contributed by atoms with E-state index in [1.54, 1.807) is 18.2 Å². The van der Waals surface area contributed by atoms with Crippen molar-refractivity contribution in [2.75, 3.05) is 47.0 Å². The van der Waals surface area contributed by atoms with Gasteiger partial charge in [-0.2, -0.15) is 0 Å². The van der Waals surface area contributed by atoms with Gasteiger partial charge >= 0.3 is 5.97 Å². The molecule has 0 atom stereocenters. The average Bonchev–Trinajstić information content (AvgIpc) is 3.59. The lowest BCUT2D eigenvalue weighted by Crippen LogP contribution is -2.27. The van der Waals surface area contributed by atoms with Gasteiger partial charge in [0.2, 0.25) is 11.7 Å². The second-order valence-electron chi connectivity index (χ2n) is 18.0. The van der Waals surface area contributed by atoms with Crippen molar-refractivity contribution in [1.29, 1.82) is 0 Å². The van der Waals surface area contributed by atoms with Gasteiger partial charge in [0, 0.05) is 33.3 Å². The Hall–Kier alpha value is -3.42. The van der Waals surface area contributed by atoms with Crippen LogP contribution in [0.3, 0.4) is 0 Å². The van der Waals surface area contributed by atoms with Crippen LogP contribution >= 0.6 is 0 Å². The minimum atomic E-state index is -0.460. The van der Waals surface area contributed by atoms with Crippen LogP contribution in [0, 0.1) is 0 Å². The van der Waals surface area contributed by atoms with Gasteiger partial charge in [-0.25, -0.2) is 9.79 Å². The summed E-state index contributed by atoms with van der Waals surface area (Å²) in [4.78, 5) is 23.1. The predicted octanol–water partition coefficient (Wildman–Crippen LogP) is 15.7. The SMILES string of the molecule is CCCCCCCCCCCCOc1cc(C(=O)Oc2cccc(N=C3N(C)CCN3C)c2)cc(OCCCCCCCCCCCC)c1OCCCCCCCCCCCC. The Morgan fingerprint density at radius 1 is 0.500 bits per heavy atom. The molecule has 352 valence electrons. The van der Waals surface area contributed by atoms with Crippen LogP contribution in [0.15, 0.2) is 41.4 Å². The smallest absolute Gasteiger partial charge is 0.343 e. The van der Waals surface area contributed by atoms with Crippen molar-refractivity contribution in [3.05, 3.63) is 42.0 Å². The maximum Gasteiger partial charge on any atom is 0.343 e. The maximum atomic E-state index is 13.9. The van der Waals surface area contributed by atoms with Crippen molar-refractivity contribution < 1.29 is 23.7 Å². The number of unbranched alkanes of at least 4 members (excludes halogenated alkanes) is 27. The van der Waals surface area contributed by atoms with Crippen molar-refractivity contribution in [3.63, 3.8) is 0 Å². The molecule has 0 N–H and O–H groups in total. The highest BCUT2D eigenvalue weighted by molar-refractivity contribution is 5.93. The lowest BCUT2D eigenvalue weighted by molar-refractivity contribution is 0.0733. The first kappa shape index (κ1) is 52.9. The number of guanidine groups is 1. The van der Waals surface area contributed by atoms with Crippen LogP contribution < -0.4 is 18.9 Å². The van der Waals surface area contributed by atoms with Gasteiger partial charge in [-0.15, -0.1) is 0 Å². The Bertz CT molecular complexity index is 1400. The predicted molar refractivity (Wildman–Crippen MR) is 262 cm³/mol. The number of carbonyl (C=O) groups excluding carboxylic acids is 1. The zero-order valence-electron chi connectivity index (χ0n) is 40.6. The molecular weight excluding hydrogens is 771 g/mol. The molecule has 3 rings (SSSR count). The van der Waals surface area contributed by atoms with Crippen molar-refractivity contribution in [2.24, 2.45) is 4.99 Å². The molecule has 1 saturated heterocycles. The zero-order chi connectivity index (χ0) is 44.3. The van der Waals surface area contributed by atoms with Crippen LogP contribution in [0.1, 0.15) is 224 Å². The van der Waals surface area contributed by atoms with E-state index in [9.17, 15) is 4.79 Å². The number of nitrogens with zero attached hydrogens (tertiary/aromatic N) is 3. The van der Waals surface area contributed by atoms with E-state index in [4.69, 9.17) is 23.9 Å². The van der Waals surface area contributed by atoms with E-state index in [0.717, 1.165) is 63.3 Å². The second kappa shape index (κ2) is 35.0. The zero-order valence-corrected chi connectivity index (χ0v) is 40.6. The van der Waals surface area contributed by atoms with Crippen LogP contribution in [-0.4, -0.2) is 68.7 Å². The summed E-state index contributed by atoms with van der Waals surface area (Å²) in [6, 6.07) is 11.0. The second-order valence-corrected chi connectivity index (χ2v) is 18.0. The van der Waals surface area contributed by atoms with E-state index in [1.165, 1.54) is 154 Å². The van der Waals surface area contributed by atoms with Gasteiger partial charge in [0.15, 0.2) is 11.5 Å². The topological polar surface area (TPSA) is 72.8 Å². The van der Waals surface area contributed by atoms with Gasteiger partial charge in [-0.3, -0.25) is 0 Å². The quantitative estimate of drug-likeness (QED) is 0.0376. The number of rotatable bonds is 39. The fourth-order valence-electron chi connectivity index (χ4n) is 8.22. The van der Waals surface area contributed by atoms with Crippen LogP contribution in [0.2, 0.25) is 0 Å². The van der Waals surface area contributed by atoms with Crippen molar-refractivity contribution in [1.82, 2.24) is 9.80 Å². The van der Waals surface area contributed by atoms with Crippen LogP contribution in [0.25, 0.3) is 0 Å². The molecule has 0 aromatic heterocycles. The van der Waals surface area contributed by atoms with Gasteiger partial charge in [0.05, 0.1) is 31.1 Å². The summed E-state index contributed by atoms with van der Waals surface area (Å²) < 4.78 is 25.6. The van der Waals surface area contributed by atoms with Crippen molar-refractivity contribution in [3.8, 4) is 23.0 Å². The molecule has 0 bridgehead atoms. The van der Waals surface area contributed by atoms with E-state index >= 15 is 0 Å². The molecule has 0 aliphatic carbocycles. The van der Waals surface area contributed by atoms with Crippen molar-refractivity contribution in [2.45, 2.75) is 213 Å². The summed E-state index contributed by atoms with van der Waals surface area (Å²) in [7, 11) is 4.09. The molecule has 8 heteroatoms. The molecule has 62 heavy (non-hydrogen) atoms. The minimum Gasteiger partial charge on any atom is -0.490 e. The first-order valence-electron chi connectivity index (χ1n) is 25.9. The molecule has 0 amide bonds. The van der Waals surface area contributed by atoms with Crippen LogP contribution in [-0.2, 0) is 0 Å². The van der Waals surface area contributed by atoms with E-state index in [-0.39, 0.29) is 0 Å². The highest BCUT2D eigenvalue weighted by Crippen LogP contribution is 2.40. The molecule has 2 aromatic carbocycles. The molecule has 1 fully saturated rings. The molecule has 0 unspecified atom stereocenters. The molecular formula is C54H91N3O5. The van der Waals surface area contributed by atoms with Gasteiger partial charge in [0.25, 0.3) is 0 Å². The minimum absolute atomic E-state index is 0.388. The first-order valence-corrected chi connectivity index (χ1v) is 25.9. The summed E-state index contributed by atoms with van der Waals surface area (Å²) in [6.07, 6.45) is 37.9. The summed E-state index contributed by atoms with van der Waals surface area (Å²) in [5.41, 5.74) is 1.13. The third-order valence-corrected chi connectivity index (χ3v) is 12.2. The van der Waals surface area contributed by atoms with E-state index < -0.39 is 5.97 Å². The largest absolute Gasteiger partial charge is 0.490 e. The first-order chi connectivity index (χ1) is 30.5. The van der Waals surface area contributed by atoms with Crippen LogP contribution in [0.5, 0.6) is 23.0 Å². The molecule has 8 nitrogen and oxygen atoms in total. The number of ether oxygens (including phenoxy) is 4. The molecule has 1 aliphatic heterocycles. The molecule has 0 saturated carbocycles. The summed E-state index contributed by atoms with van der Waals surface area (Å²) in [5, 5.41) is 0. The molecule has 1 heterocycles. The lowest BCUT2D eigenvalue weighted by Gasteiger charge is -2.19. The van der Waals surface area contributed by atoms with E-state index in [1.807, 2.05) is 32.3 Å². The average molecular weight is 862 g/mol. The number of hydrogen-bond donors (Lipinski definition) is 0. The van der Waals surface area contributed by atoms with Crippen molar-refractivity contribution >= 4 is 17.6 Å². The van der Waals surface area contributed by atoms with E-state index in [2.05, 4.69) is 30.6 Å². The van der Waals surface area contributed by atoms with Gasteiger partial charge in [-0.05, 0) is 43.5 Å². The fourth-order valence-corrected chi connectivity index (χ4v) is 8.22. The molecule has 1 aliphatic rings. The monoisotopic (exact) mass is 862 g/mol. The summed E-state index contributed by atoms with van der Waals surface area (Å²) in [6.45, 7) is 10.4. The van der Waals surface area contributed by atoms with Gasteiger partial charge in [0.1, 0.15) is 5.75 Å². The fraction of sp³-hybridized carbons (Fsp3) is 0.741. The highest BCUT2D eigenvalue weighted by Gasteiger charge is 2.22. The Balaban J connectivity index is 1.71. The van der Waals surface area contributed by atoms with Crippen LogP contribution in [0.4, 0.5) is 5.69 Å². The number of aliphatic imine (C=N–C) groups is 1. The summed E-state index contributed by atoms with van der Waals surface area (Å²) in [5.74, 6) is 2.62. The maximum absolute atomic E-state index is 13.9. The molecule has 2 aromatic rings. The standard InChI is InChI=1S/C54H91N3O5/c1-6-9-12-15-18-21-24-27-30-33-41-59-50-44-47(53(58)62-49-38-36-37-48(46-49)55-54-56(4)39-40-57(54)5)45-51(60-42-34-31-28-25-22-19-16-13-10-7-2)52(50)61-43-35-32-29-26-23-20-17-14-11-8-3/h36-38,44-46H,6-35,39-43H2,1-5H3. The number of hydrogen-bond acceptors (Lipinski definition) is 6. The number of likely N-dealkylation sites (N-methyl/N-ethyl adjacent to an activating group) is 2. The number of benzene rings is 2. The molecule has 0 radical (unpaired) electrons. The Morgan fingerprint density at radius 2 is 0.871 bits per heavy atom. The Labute approximate surface area is 380 Å². The highest BCUT2D eigenvalue weighted by atomic mass is 16.5. The Kier molecular flexibility index (Phi) is 29.9. The lowest BCUT2D eigenvalue weighted by atomic mass is 10.1.